The largest absolute Gasteiger partial charge is 0.343 e. The Bertz CT molecular complexity index is 837. The van der Waals surface area contributed by atoms with Gasteiger partial charge in [0.1, 0.15) is 6.04 Å². The molecule has 1 aromatic carbocycles. The molecule has 1 unspecified atom stereocenters. The first-order chi connectivity index (χ1) is 10.6. The average molecular weight is 338 g/mol. The van der Waals surface area contributed by atoms with E-state index in [0.717, 1.165) is 5.56 Å². The maximum absolute atomic E-state index is 12.0. The lowest BCUT2D eigenvalue weighted by atomic mass is 10.2. The highest BCUT2D eigenvalue weighted by atomic mass is 35.5. The molecule has 0 aliphatic carbocycles. The molecule has 0 spiro atoms. The Morgan fingerprint density at radius 1 is 1.36 bits per heavy atom. The molecular weight excluding hydrogens is 325 g/mol. The molecule has 2 heterocycles. The van der Waals surface area contributed by atoms with Crippen LogP contribution in [-0.4, -0.2) is 24.5 Å². The maximum Gasteiger partial charge on any atom is 0.343 e. The molecule has 1 N–H and O–H groups in total. The van der Waals surface area contributed by atoms with Crippen molar-refractivity contribution in [2.24, 2.45) is 0 Å². The zero-order valence-electron chi connectivity index (χ0n) is 11.7. The van der Waals surface area contributed by atoms with Crippen molar-refractivity contribution in [3.63, 3.8) is 0 Å². The van der Waals surface area contributed by atoms with E-state index < -0.39 is 0 Å². The fourth-order valence-corrected chi connectivity index (χ4v) is 2.72. The summed E-state index contributed by atoms with van der Waals surface area (Å²) in [7, 11) is 0. The Labute approximate surface area is 136 Å². The van der Waals surface area contributed by atoms with Gasteiger partial charge < -0.3 is 0 Å². The Balaban J connectivity index is 1.97. The molecule has 1 atom stereocenters. The van der Waals surface area contributed by atoms with E-state index in [1.54, 1.807) is 33.6 Å². The highest BCUT2D eigenvalue weighted by Crippen LogP contribution is 2.22. The molecule has 6 nitrogen and oxygen atoms in total. The Kier molecular flexibility index (Phi) is 4.04. The number of aromatic nitrogens is 5. The van der Waals surface area contributed by atoms with E-state index in [1.807, 2.05) is 19.2 Å². The van der Waals surface area contributed by atoms with Crippen molar-refractivity contribution in [2.75, 3.05) is 0 Å². The van der Waals surface area contributed by atoms with Crippen LogP contribution in [0.25, 0.3) is 0 Å². The molecule has 0 fully saturated rings. The van der Waals surface area contributed by atoms with E-state index in [2.05, 4.69) is 15.3 Å². The molecule has 114 valence electrons. The number of halogens is 2. The standard InChI is InChI=1S/C14H13Cl2N5O/c1-9(21-6-2-5-17-21)13-18-19-14(22)20(13)8-10-3-4-11(15)7-12(10)16/h2-7,9H,8H2,1H3,(H,19,22). The lowest BCUT2D eigenvalue weighted by Gasteiger charge is -2.13. The highest BCUT2D eigenvalue weighted by Gasteiger charge is 2.18. The van der Waals surface area contributed by atoms with Crippen LogP contribution in [-0.2, 0) is 6.54 Å². The van der Waals surface area contributed by atoms with Crippen molar-refractivity contribution in [2.45, 2.75) is 19.5 Å². The van der Waals surface area contributed by atoms with Crippen LogP contribution < -0.4 is 5.69 Å². The van der Waals surface area contributed by atoms with E-state index in [0.29, 0.717) is 22.4 Å². The summed E-state index contributed by atoms with van der Waals surface area (Å²) in [5.74, 6) is 0.583. The summed E-state index contributed by atoms with van der Waals surface area (Å²) in [6.07, 6.45) is 3.51. The van der Waals surface area contributed by atoms with Crippen molar-refractivity contribution in [1.29, 1.82) is 0 Å². The minimum Gasteiger partial charge on any atom is -0.273 e. The minimum atomic E-state index is -0.292. The quantitative estimate of drug-likeness (QED) is 0.795. The number of rotatable bonds is 4. The fraction of sp³-hybridized carbons (Fsp3) is 0.214. The third-order valence-corrected chi connectivity index (χ3v) is 4.01. The monoisotopic (exact) mass is 337 g/mol. The van der Waals surface area contributed by atoms with Gasteiger partial charge in [-0.3, -0.25) is 9.25 Å². The van der Waals surface area contributed by atoms with Gasteiger partial charge in [0, 0.05) is 22.4 Å². The molecule has 22 heavy (non-hydrogen) atoms. The second-order valence-corrected chi connectivity index (χ2v) is 5.71. The summed E-state index contributed by atoms with van der Waals surface area (Å²) in [5.41, 5.74) is 0.503. The van der Waals surface area contributed by atoms with Gasteiger partial charge in [-0.1, -0.05) is 29.3 Å². The van der Waals surface area contributed by atoms with Gasteiger partial charge in [-0.05, 0) is 30.7 Å². The topological polar surface area (TPSA) is 68.5 Å². The molecule has 3 aromatic rings. The molecule has 0 radical (unpaired) electrons. The number of aromatic amines is 1. The van der Waals surface area contributed by atoms with Gasteiger partial charge in [0.25, 0.3) is 0 Å². The molecule has 0 bridgehead atoms. The van der Waals surface area contributed by atoms with E-state index in [9.17, 15) is 4.79 Å². The number of benzene rings is 1. The number of hydrogen-bond acceptors (Lipinski definition) is 3. The van der Waals surface area contributed by atoms with Crippen molar-refractivity contribution < 1.29 is 0 Å². The summed E-state index contributed by atoms with van der Waals surface area (Å²) >= 11 is 12.1. The van der Waals surface area contributed by atoms with Gasteiger partial charge >= 0.3 is 5.69 Å². The second-order valence-electron chi connectivity index (χ2n) is 4.87. The molecule has 3 rings (SSSR count). The zero-order valence-corrected chi connectivity index (χ0v) is 13.2. The molecule has 0 amide bonds. The SMILES string of the molecule is CC(c1n[nH]c(=O)n1Cc1ccc(Cl)cc1Cl)n1cccn1. The first-order valence-electron chi connectivity index (χ1n) is 6.64. The van der Waals surface area contributed by atoms with Crippen LogP contribution >= 0.6 is 23.2 Å². The van der Waals surface area contributed by atoms with Crippen LogP contribution in [0, 0.1) is 0 Å². The molecular formula is C14H13Cl2N5O. The van der Waals surface area contributed by atoms with Crippen LogP contribution in [0.2, 0.25) is 10.0 Å². The molecule has 2 aromatic heterocycles. The summed E-state index contributed by atoms with van der Waals surface area (Å²) in [6, 6.07) is 6.83. The van der Waals surface area contributed by atoms with Gasteiger partial charge in [-0.25, -0.2) is 9.89 Å². The number of nitrogens with zero attached hydrogens (tertiary/aromatic N) is 4. The molecule has 0 aliphatic heterocycles. The predicted octanol–water partition coefficient (Wildman–Crippen LogP) is 2.73. The number of hydrogen-bond donors (Lipinski definition) is 1. The first-order valence-corrected chi connectivity index (χ1v) is 7.40. The summed E-state index contributed by atoms with van der Waals surface area (Å²) < 4.78 is 3.27. The van der Waals surface area contributed by atoms with Crippen molar-refractivity contribution >= 4 is 23.2 Å². The lowest BCUT2D eigenvalue weighted by Crippen LogP contribution is -2.22. The highest BCUT2D eigenvalue weighted by molar-refractivity contribution is 6.35. The zero-order chi connectivity index (χ0) is 15.7. The van der Waals surface area contributed by atoms with Gasteiger partial charge in [-0.2, -0.15) is 10.2 Å². The van der Waals surface area contributed by atoms with Crippen molar-refractivity contribution in [1.82, 2.24) is 24.5 Å². The third kappa shape index (κ3) is 2.80. The van der Waals surface area contributed by atoms with E-state index >= 15 is 0 Å². The van der Waals surface area contributed by atoms with Crippen molar-refractivity contribution in [3.05, 3.63) is 68.6 Å². The third-order valence-electron chi connectivity index (χ3n) is 3.43. The van der Waals surface area contributed by atoms with E-state index in [-0.39, 0.29) is 11.7 Å². The molecule has 0 aliphatic rings. The van der Waals surface area contributed by atoms with E-state index in [4.69, 9.17) is 23.2 Å². The summed E-state index contributed by atoms with van der Waals surface area (Å²) in [4.78, 5) is 12.0. The summed E-state index contributed by atoms with van der Waals surface area (Å²) in [5, 5.41) is 11.8. The van der Waals surface area contributed by atoms with Gasteiger partial charge in [0.05, 0.1) is 6.54 Å². The van der Waals surface area contributed by atoms with Crippen LogP contribution in [0.3, 0.4) is 0 Å². The Morgan fingerprint density at radius 3 is 2.86 bits per heavy atom. The molecule has 8 heteroatoms. The van der Waals surface area contributed by atoms with Gasteiger partial charge in [0.2, 0.25) is 0 Å². The molecule has 0 saturated heterocycles. The van der Waals surface area contributed by atoms with Crippen molar-refractivity contribution in [3.8, 4) is 0 Å². The Hall–Kier alpha value is -2.05. The lowest BCUT2D eigenvalue weighted by molar-refractivity contribution is 0.509. The number of nitrogens with one attached hydrogen (secondary N) is 1. The summed E-state index contributed by atoms with van der Waals surface area (Å²) in [6.45, 7) is 2.23. The molecule has 0 saturated carbocycles. The minimum absolute atomic E-state index is 0.181. The predicted molar refractivity (Wildman–Crippen MR) is 84.5 cm³/mol. The smallest absolute Gasteiger partial charge is 0.273 e. The maximum atomic E-state index is 12.0. The van der Waals surface area contributed by atoms with E-state index in [1.165, 1.54) is 0 Å². The van der Waals surface area contributed by atoms with Gasteiger partial charge in [0.15, 0.2) is 5.82 Å². The second kappa shape index (κ2) is 5.98. The fourth-order valence-electron chi connectivity index (χ4n) is 2.25. The van der Waals surface area contributed by atoms with Crippen LogP contribution in [0.5, 0.6) is 0 Å². The van der Waals surface area contributed by atoms with Crippen LogP contribution in [0.1, 0.15) is 24.4 Å². The van der Waals surface area contributed by atoms with Gasteiger partial charge in [-0.15, -0.1) is 0 Å². The van der Waals surface area contributed by atoms with Crippen LogP contribution in [0.15, 0.2) is 41.5 Å². The Morgan fingerprint density at radius 2 is 2.18 bits per heavy atom. The first kappa shape index (κ1) is 14.9. The average Bonchev–Trinajstić information content (AvgIpc) is 3.12. The number of H-pyrrole nitrogens is 1. The van der Waals surface area contributed by atoms with Crippen LogP contribution in [0.4, 0.5) is 0 Å². The normalized spacial score (nSPS) is 12.5.